The molecule has 2 aliphatic rings. The summed E-state index contributed by atoms with van der Waals surface area (Å²) in [6, 6.07) is 14.3. The molecule has 0 amide bonds. The minimum Gasteiger partial charge on any atom is -0.383 e. The predicted octanol–water partition coefficient (Wildman–Crippen LogP) is 4.54. The van der Waals surface area contributed by atoms with E-state index in [1.807, 2.05) is 30.3 Å². The highest BCUT2D eigenvalue weighted by Crippen LogP contribution is 2.34. The van der Waals surface area contributed by atoms with Crippen LogP contribution in [0.1, 0.15) is 29.5 Å². The van der Waals surface area contributed by atoms with E-state index in [1.165, 1.54) is 12.8 Å². The molecule has 2 heterocycles. The first-order valence-electron chi connectivity index (χ1n) is 9.89. The van der Waals surface area contributed by atoms with Gasteiger partial charge in [0.1, 0.15) is 11.7 Å². The van der Waals surface area contributed by atoms with Gasteiger partial charge in [0.15, 0.2) is 0 Å². The number of nitrogens with zero attached hydrogens (tertiary/aromatic N) is 2. The van der Waals surface area contributed by atoms with E-state index in [0.717, 1.165) is 40.2 Å². The third-order valence-electron chi connectivity index (χ3n) is 5.33. The summed E-state index contributed by atoms with van der Waals surface area (Å²) in [5, 5.41) is 6.09. The lowest BCUT2D eigenvalue weighted by Gasteiger charge is -2.10. The van der Waals surface area contributed by atoms with Crippen molar-refractivity contribution in [3.8, 4) is 11.8 Å². The summed E-state index contributed by atoms with van der Waals surface area (Å²) in [5.74, 6) is 8.58. The largest absolute Gasteiger partial charge is 0.383 e. The van der Waals surface area contributed by atoms with E-state index in [1.54, 1.807) is 12.5 Å². The molecule has 30 heavy (non-hydrogen) atoms. The number of pyridine rings is 1. The van der Waals surface area contributed by atoms with Gasteiger partial charge in [-0.05, 0) is 49.3 Å². The Balaban J connectivity index is 0.00000106. The summed E-state index contributed by atoms with van der Waals surface area (Å²) in [4.78, 5) is 8.91. The van der Waals surface area contributed by atoms with Crippen LogP contribution in [0, 0.1) is 17.8 Å². The molecule has 0 spiro atoms. The van der Waals surface area contributed by atoms with Crippen molar-refractivity contribution in [2.75, 3.05) is 18.5 Å². The van der Waals surface area contributed by atoms with Gasteiger partial charge in [-0.15, -0.1) is 0 Å². The Labute approximate surface area is 187 Å². The Morgan fingerprint density at radius 3 is 2.60 bits per heavy atom. The van der Waals surface area contributed by atoms with Crippen LogP contribution in [0.5, 0.6) is 0 Å². The van der Waals surface area contributed by atoms with E-state index in [-0.39, 0.29) is 0 Å². The summed E-state index contributed by atoms with van der Waals surface area (Å²) >= 11 is 9.67. The molecule has 0 saturated heterocycles. The van der Waals surface area contributed by atoms with Crippen molar-refractivity contribution < 1.29 is 0 Å². The van der Waals surface area contributed by atoms with E-state index in [0.29, 0.717) is 22.4 Å². The van der Waals surface area contributed by atoms with Gasteiger partial charge in [-0.1, -0.05) is 41.6 Å². The highest BCUT2D eigenvalue weighted by atomic mass is 35.5. The number of hydrogen-bond donors (Lipinski definition) is 3. The molecule has 6 heteroatoms. The first kappa shape index (κ1) is 20.6. The Morgan fingerprint density at radius 2 is 1.87 bits per heavy atom. The summed E-state index contributed by atoms with van der Waals surface area (Å²) in [5.41, 5.74) is 8.80. The lowest BCUT2D eigenvalue weighted by atomic mass is 10.1. The molecule has 1 aliphatic heterocycles. The SMILES string of the molecule is CS.Nc1ncc2ccc(Cl)cc2c1C#Cc1ccc(C2=NCC(C3CC3)N2)cc1. The predicted molar refractivity (Wildman–Crippen MR) is 130 cm³/mol. The standard InChI is InChI=1S/C23H19ClN4.CH4S/c24-18-9-8-17-12-26-22(25)19(20(17)11-18)10-3-14-1-4-16(5-2-14)23-27-13-21(28-23)15-6-7-15;1-2/h1-2,4-5,8-9,11-12,15,21H,6-7,13H2,(H2,25,26)(H,27,28);2H,1H3. The second kappa shape index (κ2) is 8.99. The van der Waals surface area contributed by atoms with Gasteiger partial charge in [-0.25, -0.2) is 4.98 Å². The quantitative estimate of drug-likeness (QED) is 0.409. The normalized spacial score (nSPS) is 17.3. The van der Waals surface area contributed by atoms with E-state index in [2.05, 4.69) is 51.9 Å². The first-order chi connectivity index (χ1) is 14.7. The van der Waals surface area contributed by atoms with Crippen LogP contribution in [0.15, 0.2) is 53.7 Å². The fourth-order valence-corrected chi connectivity index (χ4v) is 3.75. The van der Waals surface area contributed by atoms with Crippen molar-refractivity contribution in [1.82, 2.24) is 10.3 Å². The molecule has 0 radical (unpaired) electrons. The minimum atomic E-state index is 0.412. The lowest BCUT2D eigenvalue weighted by molar-refractivity contribution is 0.582. The van der Waals surface area contributed by atoms with Crippen molar-refractivity contribution in [2.24, 2.45) is 10.9 Å². The molecule has 1 fully saturated rings. The second-order valence-electron chi connectivity index (χ2n) is 7.35. The molecule has 1 aromatic heterocycles. The van der Waals surface area contributed by atoms with E-state index in [4.69, 9.17) is 17.3 Å². The number of hydrogen-bond acceptors (Lipinski definition) is 5. The van der Waals surface area contributed by atoms with E-state index < -0.39 is 0 Å². The van der Waals surface area contributed by atoms with Crippen LogP contribution < -0.4 is 11.1 Å². The molecule has 1 unspecified atom stereocenters. The van der Waals surface area contributed by atoms with Crippen LogP contribution in [0.25, 0.3) is 10.8 Å². The third-order valence-corrected chi connectivity index (χ3v) is 5.57. The summed E-state index contributed by atoms with van der Waals surface area (Å²) in [6.07, 6.45) is 6.09. The van der Waals surface area contributed by atoms with Gasteiger partial charge >= 0.3 is 0 Å². The zero-order valence-corrected chi connectivity index (χ0v) is 18.3. The average molecular weight is 435 g/mol. The molecule has 3 N–H and O–H groups in total. The number of rotatable bonds is 2. The Morgan fingerprint density at radius 1 is 1.10 bits per heavy atom. The molecule has 5 rings (SSSR count). The Kier molecular flexibility index (Phi) is 6.17. The number of halogens is 1. The summed E-state index contributed by atoms with van der Waals surface area (Å²) in [6.45, 7) is 0.886. The smallest absolute Gasteiger partial charge is 0.139 e. The molecule has 4 nitrogen and oxygen atoms in total. The molecule has 0 bridgehead atoms. The van der Waals surface area contributed by atoms with Gasteiger partial charge in [-0.3, -0.25) is 4.99 Å². The van der Waals surface area contributed by atoms with Crippen LogP contribution in [0.2, 0.25) is 5.02 Å². The average Bonchev–Trinajstić information content (AvgIpc) is 3.51. The molecule has 1 atom stereocenters. The molecule has 1 aliphatic carbocycles. The maximum atomic E-state index is 6.15. The second-order valence-corrected chi connectivity index (χ2v) is 7.79. The van der Waals surface area contributed by atoms with Gasteiger partial charge in [0.25, 0.3) is 0 Å². The van der Waals surface area contributed by atoms with Crippen molar-refractivity contribution in [2.45, 2.75) is 18.9 Å². The van der Waals surface area contributed by atoms with Crippen molar-refractivity contribution in [3.63, 3.8) is 0 Å². The van der Waals surface area contributed by atoms with Crippen LogP contribution in [-0.4, -0.2) is 29.7 Å². The number of fused-ring (bicyclic) bond motifs is 1. The van der Waals surface area contributed by atoms with Crippen molar-refractivity contribution in [3.05, 3.63) is 70.4 Å². The fourth-order valence-electron chi connectivity index (χ4n) is 3.57. The van der Waals surface area contributed by atoms with E-state index in [9.17, 15) is 0 Å². The highest BCUT2D eigenvalue weighted by molar-refractivity contribution is 7.79. The third kappa shape index (κ3) is 4.40. The zero-order chi connectivity index (χ0) is 21.1. The van der Waals surface area contributed by atoms with Crippen molar-refractivity contribution in [1.29, 1.82) is 0 Å². The minimum absolute atomic E-state index is 0.412. The van der Waals surface area contributed by atoms with E-state index >= 15 is 0 Å². The number of nitrogens with two attached hydrogens (primary N) is 1. The topological polar surface area (TPSA) is 63.3 Å². The van der Waals surface area contributed by atoms with Gasteiger partial charge in [0, 0.05) is 39.2 Å². The summed E-state index contributed by atoms with van der Waals surface area (Å²) < 4.78 is 0. The maximum absolute atomic E-state index is 6.15. The van der Waals surface area contributed by atoms with Gasteiger partial charge < -0.3 is 11.1 Å². The van der Waals surface area contributed by atoms with Crippen LogP contribution in [-0.2, 0) is 0 Å². The van der Waals surface area contributed by atoms with Crippen LogP contribution in [0.4, 0.5) is 5.82 Å². The first-order valence-corrected chi connectivity index (χ1v) is 11.2. The Bertz CT molecular complexity index is 1150. The zero-order valence-electron chi connectivity index (χ0n) is 16.7. The summed E-state index contributed by atoms with van der Waals surface area (Å²) in [7, 11) is 0. The van der Waals surface area contributed by atoms with Crippen LogP contribution in [0.3, 0.4) is 0 Å². The van der Waals surface area contributed by atoms with Crippen LogP contribution >= 0.6 is 24.2 Å². The lowest BCUT2D eigenvalue weighted by Crippen LogP contribution is -2.32. The number of nitrogens with one attached hydrogen (secondary N) is 1. The maximum Gasteiger partial charge on any atom is 0.139 e. The number of benzene rings is 2. The van der Waals surface area contributed by atoms with Gasteiger partial charge in [-0.2, -0.15) is 12.6 Å². The number of thiol groups is 1. The molecular weight excluding hydrogens is 412 g/mol. The number of aromatic nitrogens is 1. The number of anilines is 1. The van der Waals surface area contributed by atoms with Crippen molar-refractivity contribution >= 4 is 46.7 Å². The fraction of sp³-hybridized carbons (Fsp3) is 0.250. The highest BCUT2D eigenvalue weighted by Gasteiger charge is 2.34. The molecule has 1 saturated carbocycles. The molecule has 3 aromatic rings. The van der Waals surface area contributed by atoms with Gasteiger partial charge in [0.05, 0.1) is 12.1 Å². The Hall–Kier alpha value is -2.68. The number of aliphatic imine (C=N–C) groups is 1. The monoisotopic (exact) mass is 434 g/mol. The molecular formula is C24H23ClN4S. The molecule has 152 valence electrons. The number of nitrogen functional groups attached to an aromatic ring is 1. The number of amidine groups is 1. The molecule has 2 aromatic carbocycles. The van der Waals surface area contributed by atoms with Gasteiger partial charge in [0.2, 0.25) is 0 Å².